The van der Waals surface area contributed by atoms with E-state index in [9.17, 15) is 4.79 Å². The number of nitrogens with one attached hydrogen (secondary N) is 1. The van der Waals surface area contributed by atoms with E-state index in [1.54, 1.807) is 0 Å². The lowest BCUT2D eigenvalue weighted by Gasteiger charge is -1.98. The minimum atomic E-state index is -0.377. The molecule has 8 heteroatoms. The van der Waals surface area contributed by atoms with Crippen molar-refractivity contribution < 1.29 is 4.79 Å². The quantitative estimate of drug-likeness (QED) is 0.613. The first kappa shape index (κ1) is 15.2. The average molecular weight is 348 g/mol. The van der Waals surface area contributed by atoms with Crippen molar-refractivity contribution in [2.45, 2.75) is 0 Å². The Morgan fingerprint density at radius 2 is 1.68 bits per heavy atom. The summed E-state index contributed by atoms with van der Waals surface area (Å²) in [6.45, 7) is 0. The molecule has 2 heterocycles. The highest BCUT2D eigenvalue weighted by Gasteiger charge is 2.14. The molecule has 0 aliphatic carbocycles. The number of hydrogen-bond donors (Lipinski definition) is 1. The molecule has 4 aromatic rings. The first-order valence-electron chi connectivity index (χ1n) is 7.48. The molecule has 0 atom stereocenters. The molecular weight excluding hydrogens is 336 g/mol. The Bertz CT molecular complexity index is 996. The zero-order valence-corrected chi connectivity index (χ0v) is 13.7. The van der Waals surface area contributed by atoms with Crippen molar-refractivity contribution in [3.8, 4) is 16.3 Å². The molecule has 25 heavy (non-hydrogen) atoms. The number of aromatic nitrogens is 5. The fourth-order valence-electron chi connectivity index (χ4n) is 2.19. The fraction of sp³-hybridized carbons (Fsp3) is 0. The molecule has 122 valence electrons. The summed E-state index contributed by atoms with van der Waals surface area (Å²) in [6, 6.07) is 19.1. The van der Waals surface area contributed by atoms with E-state index in [0.29, 0.717) is 5.13 Å². The lowest BCUT2D eigenvalue weighted by molar-refractivity contribution is 0.102. The number of rotatable bonds is 4. The molecule has 0 unspecified atom stereocenters. The number of carbonyl (C=O) groups excluding carboxylic acids is 1. The zero-order chi connectivity index (χ0) is 17.1. The molecule has 2 aromatic heterocycles. The van der Waals surface area contributed by atoms with E-state index >= 15 is 0 Å². The predicted molar refractivity (Wildman–Crippen MR) is 94.7 cm³/mol. The third-order valence-electron chi connectivity index (χ3n) is 3.38. The Kier molecular flexibility index (Phi) is 4.01. The van der Waals surface area contributed by atoms with Crippen molar-refractivity contribution in [3.63, 3.8) is 0 Å². The largest absolute Gasteiger partial charge is 0.295 e. The molecule has 0 aliphatic rings. The molecule has 0 bridgehead atoms. The maximum Gasteiger partial charge on any atom is 0.279 e. The Morgan fingerprint density at radius 3 is 2.44 bits per heavy atom. The van der Waals surface area contributed by atoms with Gasteiger partial charge in [-0.3, -0.25) is 10.1 Å². The molecule has 1 N–H and O–H groups in total. The van der Waals surface area contributed by atoms with Crippen LogP contribution in [0.15, 0.2) is 66.9 Å². The minimum Gasteiger partial charge on any atom is -0.295 e. The highest BCUT2D eigenvalue weighted by molar-refractivity contribution is 7.18. The summed E-state index contributed by atoms with van der Waals surface area (Å²) >= 11 is 1.30. The molecular formula is C17H12N6OS. The fourth-order valence-corrected chi connectivity index (χ4v) is 2.93. The number of hydrogen-bond acceptors (Lipinski definition) is 6. The van der Waals surface area contributed by atoms with E-state index in [1.807, 2.05) is 60.7 Å². The zero-order valence-electron chi connectivity index (χ0n) is 12.9. The summed E-state index contributed by atoms with van der Waals surface area (Å²) in [7, 11) is 0. The van der Waals surface area contributed by atoms with Crippen molar-refractivity contribution in [3.05, 3.63) is 72.6 Å². The Labute approximate surface area is 147 Å². The van der Waals surface area contributed by atoms with Crippen LogP contribution in [0.25, 0.3) is 16.3 Å². The van der Waals surface area contributed by atoms with Crippen molar-refractivity contribution in [2.24, 2.45) is 0 Å². The number of para-hydroxylation sites is 1. The summed E-state index contributed by atoms with van der Waals surface area (Å²) in [5.74, 6) is -0.377. The maximum absolute atomic E-state index is 12.3. The third kappa shape index (κ3) is 3.29. The highest BCUT2D eigenvalue weighted by atomic mass is 32.1. The van der Waals surface area contributed by atoms with Crippen molar-refractivity contribution in [1.29, 1.82) is 0 Å². The molecule has 1 amide bonds. The van der Waals surface area contributed by atoms with Crippen molar-refractivity contribution in [2.75, 3.05) is 5.32 Å². The van der Waals surface area contributed by atoms with Gasteiger partial charge in [-0.05, 0) is 12.1 Å². The van der Waals surface area contributed by atoms with Crippen LogP contribution < -0.4 is 5.32 Å². The molecule has 0 spiro atoms. The van der Waals surface area contributed by atoms with E-state index in [2.05, 4.69) is 25.7 Å². The van der Waals surface area contributed by atoms with Gasteiger partial charge in [0.25, 0.3) is 5.91 Å². The Morgan fingerprint density at radius 1 is 0.960 bits per heavy atom. The molecule has 2 aromatic carbocycles. The minimum absolute atomic E-state index is 0.209. The van der Waals surface area contributed by atoms with E-state index in [1.165, 1.54) is 22.3 Å². The molecule has 4 rings (SSSR count). The molecule has 0 radical (unpaired) electrons. The highest BCUT2D eigenvalue weighted by Crippen LogP contribution is 2.26. The predicted octanol–water partition coefficient (Wildman–Crippen LogP) is 3.04. The van der Waals surface area contributed by atoms with Crippen LogP contribution in [0.3, 0.4) is 0 Å². The number of carbonyl (C=O) groups is 1. The van der Waals surface area contributed by atoms with Crippen LogP contribution in [0.4, 0.5) is 5.13 Å². The second-order valence-corrected chi connectivity index (χ2v) is 6.06. The molecule has 0 saturated carbocycles. The normalized spacial score (nSPS) is 10.6. The van der Waals surface area contributed by atoms with Gasteiger partial charge < -0.3 is 0 Å². The summed E-state index contributed by atoms with van der Waals surface area (Å²) < 4.78 is 0. The van der Waals surface area contributed by atoms with Crippen LogP contribution in [-0.4, -0.2) is 31.1 Å². The molecule has 0 aliphatic heterocycles. The topological polar surface area (TPSA) is 85.6 Å². The summed E-state index contributed by atoms with van der Waals surface area (Å²) in [6.07, 6.45) is 1.42. The number of anilines is 1. The number of nitrogens with zero attached hydrogens (tertiary/aromatic N) is 5. The lowest BCUT2D eigenvalue weighted by Crippen LogP contribution is -2.13. The van der Waals surface area contributed by atoms with Crippen LogP contribution in [0.1, 0.15) is 10.5 Å². The average Bonchev–Trinajstić information content (AvgIpc) is 3.33. The van der Waals surface area contributed by atoms with Crippen molar-refractivity contribution in [1.82, 2.24) is 25.2 Å². The smallest absolute Gasteiger partial charge is 0.279 e. The van der Waals surface area contributed by atoms with Gasteiger partial charge in [-0.25, -0.2) is 0 Å². The maximum atomic E-state index is 12.3. The third-order valence-corrected chi connectivity index (χ3v) is 4.27. The van der Waals surface area contributed by atoms with Gasteiger partial charge in [0.2, 0.25) is 5.13 Å². The van der Waals surface area contributed by atoms with Gasteiger partial charge >= 0.3 is 0 Å². The van der Waals surface area contributed by atoms with Gasteiger partial charge in [-0.1, -0.05) is 59.9 Å². The molecule has 0 saturated heterocycles. The van der Waals surface area contributed by atoms with Gasteiger partial charge in [-0.15, -0.1) is 15.3 Å². The first-order chi connectivity index (χ1) is 12.3. The van der Waals surface area contributed by atoms with Crippen LogP contribution >= 0.6 is 11.3 Å². The van der Waals surface area contributed by atoms with Crippen LogP contribution in [-0.2, 0) is 0 Å². The van der Waals surface area contributed by atoms with Gasteiger partial charge in [-0.2, -0.15) is 9.90 Å². The summed E-state index contributed by atoms with van der Waals surface area (Å²) in [5, 5.41) is 20.3. The second-order valence-electron chi connectivity index (χ2n) is 5.09. The van der Waals surface area contributed by atoms with E-state index in [-0.39, 0.29) is 11.6 Å². The van der Waals surface area contributed by atoms with Gasteiger partial charge in [0.05, 0.1) is 11.9 Å². The van der Waals surface area contributed by atoms with Crippen LogP contribution in [0, 0.1) is 0 Å². The SMILES string of the molecule is O=C(Nc1nnc(-c2ccccc2)s1)c1cnn(-c2ccccc2)n1. The first-order valence-corrected chi connectivity index (χ1v) is 8.29. The summed E-state index contributed by atoms with van der Waals surface area (Å²) in [5.41, 5.74) is 1.94. The monoisotopic (exact) mass is 348 g/mol. The Hall–Kier alpha value is -3.39. The lowest BCUT2D eigenvalue weighted by atomic mass is 10.2. The Balaban J connectivity index is 1.50. The molecule has 7 nitrogen and oxygen atoms in total. The number of amides is 1. The molecule has 0 fully saturated rings. The van der Waals surface area contributed by atoms with Gasteiger partial charge in [0.1, 0.15) is 5.01 Å². The van der Waals surface area contributed by atoms with E-state index in [4.69, 9.17) is 0 Å². The van der Waals surface area contributed by atoms with Gasteiger partial charge in [0.15, 0.2) is 5.69 Å². The standard InChI is InChI=1S/C17H12N6OS/c24-15(14-11-18-23(22-14)13-9-5-2-6-10-13)19-17-21-20-16(25-17)12-7-3-1-4-8-12/h1-11H,(H,19,21,24). The van der Waals surface area contributed by atoms with E-state index < -0.39 is 0 Å². The van der Waals surface area contributed by atoms with Crippen LogP contribution in [0.5, 0.6) is 0 Å². The van der Waals surface area contributed by atoms with Gasteiger partial charge in [0, 0.05) is 5.56 Å². The van der Waals surface area contributed by atoms with Crippen LogP contribution in [0.2, 0.25) is 0 Å². The van der Waals surface area contributed by atoms with Crippen molar-refractivity contribution >= 4 is 22.4 Å². The van der Waals surface area contributed by atoms with E-state index in [0.717, 1.165) is 16.3 Å². The second kappa shape index (κ2) is 6.62. The summed E-state index contributed by atoms with van der Waals surface area (Å²) in [4.78, 5) is 13.7. The number of benzene rings is 2.